The van der Waals surface area contributed by atoms with Crippen LogP contribution < -0.4 is 9.80 Å². The number of hydrogen-bond acceptors (Lipinski definition) is 4. The summed E-state index contributed by atoms with van der Waals surface area (Å²) in [6.07, 6.45) is 2.90. The minimum atomic E-state index is -0.210. The normalized spacial score (nSPS) is 18.7. The molecule has 2 amide bonds. The van der Waals surface area contributed by atoms with Crippen LogP contribution in [0.4, 0.5) is 16.2 Å². The van der Waals surface area contributed by atoms with E-state index in [0.717, 1.165) is 37.3 Å². The third kappa shape index (κ3) is 5.25. The first-order valence-electron chi connectivity index (χ1n) is 11.2. The van der Waals surface area contributed by atoms with Crippen LogP contribution in [0.1, 0.15) is 30.9 Å². The van der Waals surface area contributed by atoms with E-state index in [1.165, 1.54) is 11.1 Å². The molecule has 1 saturated heterocycles. The van der Waals surface area contributed by atoms with E-state index in [9.17, 15) is 9.59 Å². The molecule has 0 bridgehead atoms. The van der Waals surface area contributed by atoms with E-state index in [1.807, 2.05) is 47.1 Å². The van der Waals surface area contributed by atoms with Crippen molar-refractivity contribution in [3.05, 3.63) is 59.7 Å². The van der Waals surface area contributed by atoms with E-state index < -0.39 is 0 Å². The molecule has 0 spiro atoms. The first-order chi connectivity index (χ1) is 15.1. The molecule has 0 aromatic heterocycles. The number of rotatable bonds is 6. The zero-order chi connectivity index (χ0) is 21.8. The van der Waals surface area contributed by atoms with Crippen molar-refractivity contribution in [2.24, 2.45) is 0 Å². The van der Waals surface area contributed by atoms with Crippen LogP contribution in [0.5, 0.6) is 0 Å². The van der Waals surface area contributed by atoms with Crippen LogP contribution in [-0.4, -0.2) is 56.2 Å². The van der Waals surface area contributed by atoms with E-state index >= 15 is 0 Å². The van der Waals surface area contributed by atoms with Gasteiger partial charge in [0.2, 0.25) is 0 Å². The molecule has 4 rings (SSSR count). The van der Waals surface area contributed by atoms with E-state index in [1.54, 1.807) is 0 Å². The molecular formula is C25H32ClN3O3. The topological polar surface area (TPSA) is 53.1 Å². The second-order valence-corrected chi connectivity index (χ2v) is 8.35. The average Bonchev–Trinajstić information content (AvgIpc) is 2.99. The number of likely N-dealkylation sites (N-methyl/N-ethyl adjacent to an activating group) is 1. The quantitative estimate of drug-likeness (QED) is 0.607. The number of nitrogens with zero attached hydrogens (tertiary/aromatic N) is 3. The summed E-state index contributed by atoms with van der Waals surface area (Å²) in [5, 5.41) is 0. The predicted octanol–water partition coefficient (Wildman–Crippen LogP) is 4.30. The summed E-state index contributed by atoms with van der Waals surface area (Å²) in [7, 11) is 2.15. The van der Waals surface area contributed by atoms with E-state index in [4.69, 9.17) is 4.74 Å². The van der Waals surface area contributed by atoms with Crippen LogP contribution in [0.3, 0.4) is 0 Å². The summed E-state index contributed by atoms with van der Waals surface area (Å²) < 4.78 is 5.12. The maximum Gasteiger partial charge on any atom is 0.329 e. The van der Waals surface area contributed by atoms with Gasteiger partial charge in [-0.15, -0.1) is 12.4 Å². The Kier molecular flexibility index (Phi) is 8.15. The van der Waals surface area contributed by atoms with E-state index in [2.05, 4.69) is 30.1 Å². The van der Waals surface area contributed by atoms with Gasteiger partial charge in [0.15, 0.2) is 0 Å². The van der Waals surface area contributed by atoms with Crippen molar-refractivity contribution in [3.8, 4) is 0 Å². The number of halogens is 1. The zero-order valence-corrected chi connectivity index (χ0v) is 19.6. The summed E-state index contributed by atoms with van der Waals surface area (Å²) in [6.45, 7) is 4.82. The molecule has 2 aromatic rings. The summed E-state index contributed by atoms with van der Waals surface area (Å²) in [5.41, 5.74) is 4.48. The molecule has 1 fully saturated rings. The lowest BCUT2D eigenvalue weighted by Crippen LogP contribution is -2.35. The van der Waals surface area contributed by atoms with Gasteiger partial charge in [-0.2, -0.15) is 0 Å². The average molecular weight is 458 g/mol. The molecule has 0 radical (unpaired) electrons. The first-order valence-corrected chi connectivity index (χ1v) is 11.2. The second-order valence-electron chi connectivity index (χ2n) is 8.35. The molecule has 2 heterocycles. The summed E-state index contributed by atoms with van der Waals surface area (Å²) >= 11 is 0. The number of esters is 1. The molecular weight excluding hydrogens is 426 g/mol. The van der Waals surface area contributed by atoms with E-state index in [-0.39, 0.29) is 30.4 Å². The third-order valence-corrected chi connectivity index (χ3v) is 6.24. The maximum atomic E-state index is 13.5. The second kappa shape index (κ2) is 10.8. The molecule has 7 heteroatoms. The first kappa shape index (κ1) is 24.1. The number of hydrogen-bond donors (Lipinski definition) is 0. The standard InChI is InChI=1S/C25H31N3O3.ClH/c1-3-31-24(29)12-11-23-18-27(21-7-5-4-6-8-21)25(30)28(23)22-10-9-19-13-15-26(2)16-14-20(19)17-22;/h4-10,17,23H,3,11-16,18H2,1-2H3;1H. The molecule has 0 saturated carbocycles. The highest BCUT2D eigenvalue weighted by atomic mass is 35.5. The Labute approximate surface area is 196 Å². The van der Waals surface area contributed by atoms with Gasteiger partial charge in [0.25, 0.3) is 0 Å². The highest BCUT2D eigenvalue weighted by Crippen LogP contribution is 2.32. The van der Waals surface area contributed by atoms with E-state index in [0.29, 0.717) is 26.0 Å². The van der Waals surface area contributed by atoms with Crippen LogP contribution in [-0.2, 0) is 22.4 Å². The zero-order valence-electron chi connectivity index (χ0n) is 18.8. The number of amides is 2. The molecule has 32 heavy (non-hydrogen) atoms. The molecule has 6 nitrogen and oxygen atoms in total. The SMILES string of the molecule is CCOC(=O)CCC1CN(c2ccccc2)C(=O)N1c1ccc2c(c1)CCN(C)CC2.Cl. The highest BCUT2D eigenvalue weighted by molar-refractivity contribution is 6.07. The molecule has 0 N–H and O–H groups in total. The fraction of sp³-hybridized carbons (Fsp3) is 0.440. The number of carbonyl (C=O) groups is 2. The molecule has 1 unspecified atom stereocenters. The number of anilines is 2. The Balaban J connectivity index is 0.00000289. The lowest BCUT2D eigenvalue weighted by molar-refractivity contribution is -0.143. The van der Waals surface area contributed by atoms with Crippen LogP contribution in [0, 0.1) is 0 Å². The smallest absolute Gasteiger partial charge is 0.329 e. The Morgan fingerprint density at radius 3 is 2.47 bits per heavy atom. The Morgan fingerprint density at radius 1 is 1.03 bits per heavy atom. The minimum absolute atomic E-state index is 0. The number of carbonyl (C=O) groups excluding carboxylic acids is 2. The van der Waals surface area contributed by atoms with Gasteiger partial charge in [-0.05, 0) is 68.6 Å². The van der Waals surface area contributed by atoms with Gasteiger partial charge in [0.05, 0.1) is 12.6 Å². The number of para-hydroxylation sites is 1. The molecule has 2 aromatic carbocycles. The van der Waals surface area contributed by atoms with Gasteiger partial charge < -0.3 is 9.64 Å². The third-order valence-electron chi connectivity index (χ3n) is 6.24. The van der Waals surface area contributed by atoms with Crippen molar-refractivity contribution in [3.63, 3.8) is 0 Å². The molecule has 172 valence electrons. The lowest BCUT2D eigenvalue weighted by atomic mass is 10.0. The number of ether oxygens (including phenoxy) is 1. The van der Waals surface area contributed by atoms with Crippen LogP contribution >= 0.6 is 12.4 Å². The molecule has 0 aliphatic carbocycles. The predicted molar refractivity (Wildman–Crippen MR) is 130 cm³/mol. The number of urea groups is 1. The largest absolute Gasteiger partial charge is 0.466 e. The Morgan fingerprint density at radius 2 is 1.75 bits per heavy atom. The lowest BCUT2D eigenvalue weighted by Gasteiger charge is -2.24. The van der Waals surface area contributed by atoms with Gasteiger partial charge in [0, 0.05) is 37.4 Å². The molecule has 1 atom stereocenters. The van der Waals surface area contributed by atoms with Crippen molar-refractivity contribution in [1.82, 2.24) is 4.90 Å². The van der Waals surface area contributed by atoms with Gasteiger partial charge in [0.1, 0.15) is 0 Å². The van der Waals surface area contributed by atoms with Crippen LogP contribution in [0.2, 0.25) is 0 Å². The van der Waals surface area contributed by atoms with Gasteiger partial charge >= 0.3 is 12.0 Å². The fourth-order valence-corrected chi connectivity index (χ4v) is 4.51. The summed E-state index contributed by atoms with van der Waals surface area (Å²) in [6, 6.07) is 16.0. The minimum Gasteiger partial charge on any atom is -0.466 e. The van der Waals surface area contributed by atoms with Crippen molar-refractivity contribution in [2.45, 2.75) is 38.6 Å². The Bertz CT molecular complexity index is 937. The van der Waals surface area contributed by atoms with Crippen molar-refractivity contribution >= 4 is 35.8 Å². The highest BCUT2D eigenvalue weighted by Gasteiger charge is 2.39. The monoisotopic (exact) mass is 457 g/mol. The summed E-state index contributed by atoms with van der Waals surface area (Å²) in [4.78, 5) is 31.5. The maximum absolute atomic E-state index is 13.5. The molecule has 2 aliphatic heterocycles. The van der Waals surface area contributed by atoms with Gasteiger partial charge in [-0.25, -0.2) is 4.79 Å². The number of fused-ring (bicyclic) bond motifs is 1. The van der Waals surface area contributed by atoms with Crippen LogP contribution in [0.15, 0.2) is 48.5 Å². The van der Waals surface area contributed by atoms with Gasteiger partial charge in [-0.1, -0.05) is 24.3 Å². The Hall–Kier alpha value is -2.57. The van der Waals surface area contributed by atoms with Crippen molar-refractivity contribution in [1.29, 1.82) is 0 Å². The summed E-state index contributed by atoms with van der Waals surface area (Å²) in [5.74, 6) is -0.210. The molecule has 2 aliphatic rings. The van der Waals surface area contributed by atoms with Crippen molar-refractivity contribution < 1.29 is 14.3 Å². The number of benzene rings is 2. The van der Waals surface area contributed by atoms with Gasteiger partial charge in [-0.3, -0.25) is 14.6 Å². The fourth-order valence-electron chi connectivity index (χ4n) is 4.51. The van der Waals surface area contributed by atoms with Crippen molar-refractivity contribution in [2.75, 3.05) is 43.1 Å². The van der Waals surface area contributed by atoms with Crippen LogP contribution in [0.25, 0.3) is 0 Å².